The minimum Gasteiger partial charge on any atom is -0.375 e. The van der Waals surface area contributed by atoms with Crippen LogP contribution >= 0.6 is 0 Å². The second kappa shape index (κ2) is 5.72. The monoisotopic (exact) mass is 295 g/mol. The third-order valence-electron chi connectivity index (χ3n) is 4.47. The van der Waals surface area contributed by atoms with Crippen LogP contribution in [0.2, 0.25) is 0 Å². The van der Waals surface area contributed by atoms with Crippen molar-refractivity contribution in [3.05, 3.63) is 35.4 Å². The Hall–Kier alpha value is -1.49. The summed E-state index contributed by atoms with van der Waals surface area (Å²) in [4.78, 5) is 13.9. The zero-order valence-electron chi connectivity index (χ0n) is 11.9. The first-order chi connectivity index (χ1) is 10.1. The predicted molar refractivity (Wildman–Crippen MR) is 73.5 cm³/mol. The molecule has 0 aliphatic carbocycles. The molecule has 2 aliphatic heterocycles. The number of halogens is 2. The highest BCUT2D eigenvalue weighted by atomic mass is 19.1. The Morgan fingerprint density at radius 1 is 1.14 bits per heavy atom. The number of hydrogen-bond acceptors (Lipinski definition) is 2. The number of carbonyl (C=O) groups is 1. The maximum absolute atomic E-state index is 13.2. The summed E-state index contributed by atoms with van der Waals surface area (Å²) in [5.74, 6) is -1.18. The van der Waals surface area contributed by atoms with E-state index in [0.717, 1.165) is 38.4 Å². The van der Waals surface area contributed by atoms with E-state index in [9.17, 15) is 13.6 Å². The summed E-state index contributed by atoms with van der Waals surface area (Å²) in [7, 11) is 0. The van der Waals surface area contributed by atoms with Crippen molar-refractivity contribution in [2.24, 2.45) is 0 Å². The zero-order valence-corrected chi connectivity index (χ0v) is 11.9. The normalized spacial score (nSPS) is 26.4. The van der Waals surface area contributed by atoms with Crippen molar-refractivity contribution in [1.29, 1.82) is 0 Å². The maximum Gasteiger partial charge on any atom is 0.222 e. The predicted octanol–water partition coefficient (Wildman–Crippen LogP) is 3.03. The molecule has 3 nitrogen and oxygen atoms in total. The highest BCUT2D eigenvalue weighted by Gasteiger charge is 2.38. The Morgan fingerprint density at radius 3 is 2.57 bits per heavy atom. The first-order valence-electron chi connectivity index (χ1n) is 7.43. The Bertz CT molecular complexity index is 521. The van der Waals surface area contributed by atoms with Gasteiger partial charge in [-0.3, -0.25) is 4.79 Å². The van der Waals surface area contributed by atoms with Crippen LogP contribution in [0.4, 0.5) is 8.78 Å². The van der Waals surface area contributed by atoms with Gasteiger partial charge in [0.2, 0.25) is 5.91 Å². The van der Waals surface area contributed by atoms with Gasteiger partial charge in [0.25, 0.3) is 0 Å². The SMILES string of the molecule is O=C1CC[C@@]2(CCCO2)CCN1Cc1cc(F)cc(F)c1. The molecule has 21 heavy (non-hydrogen) atoms. The number of hydrogen-bond donors (Lipinski definition) is 0. The maximum atomic E-state index is 13.2. The Morgan fingerprint density at radius 2 is 1.90 bits per heavy atom. The van der Waals surface area contributed by atoms with Crippen molar-refractivity contribution < 1.29 is 18.3 Å². The topological polar surface area (TPSA) is 29.5 Å². The van der Waals surface area contributed by atoms with Crippen LogP contribution in [-0.4, -0.2) is 29.6 Å². The van der Waals surface area contributed by atoms with Crippen LogP contribution in [0.3, 0.4) is 0 Å². The molecule has 0 radical (unpaired) electrons. The zero-order chi connectivity index (χ0) is 14.9. The van der Waals surface area contributed by atoms with Gasteiger partial charge in [0.05, 0.1) is 5.60 Å². The summed E-state index contributed by atoms with van der Waals surface area (Å²) in [6, 6.07) is 3.40. The van der Waals surface area contributed by atoms with E-state index >= 15 is 0 Å². The lowest BCUT2D eigenvalue weighted by molar-refractivity contribution is -0.131. The van der Waals surface area contributed by atoms with E-state index in [4.69, 9.17) is 4.74 Å². The number of carbonyl (C=O) groups excluding carboxylic acids is 1. The van der Waals surface area contributed by atoms with Gasteiger partial charge in [-0.25, -0.2) is 8.78 Å². The van der Waals surface area contributed by atoms with E-state index < -0.39 is 11.6 Å². The van der Waals surface area contributed by atoms with Crippen LogP contribution in [0, 0.1) is 11.6 Å². The molecule has 2 saturated heterocycles. The van der Waals surface area contributed by atoms with Crippen molar-refractivity contribution in [2.45, 2.75) is 44.2 Å². The van der Waals surface area contributed by atoms with E-state index in [1.165, 1.54) is 12.1 Å². The fourth-order valence-corrected chi connectivity index (χ4v) is 3.32. The summed E-state index contributed by atoms with van der Waals surface area (Å²) in [5.41, 5.74) is 0.335. The van der Waals surface area contributed by atoms with Crippen molar-refractivity contribution >= 4 is 5.91 Å². The van der Waals surface area contributed by atoms with E-state index in [-0.39, 0.29) is 18.1 Å². The van der Waals surface area contributed by atoms with Crippen LogP contribution in [-0.2, 0) is 16.1 Å². The standard InChI is InChI=1S/C16H19F2NO2/c17-13-8-12(9-14(18)10-13)11-19-6-5-16(3-1-7-21-16)4-2-15(19)20/h8-10H,1-7,11H2/t16-/m0/s1. The van der Waals surface area contributed by atoms with E-state index in [2.05, 4.69) is 0 Å². The molecular formula is C16H19F2NO2. The fourth-order valence-electron chi connectivity index (χ4n) is 3.32. The van der Waals surface area contributed by atoms with Crippen LogP contribution in [0.5, 0.6) is 0 Å². The van der Waals surface area contributed by atoms with Gasteiger partial charge in [0.15, 0.2) is 0 Å². The molecule has 1 aromatic rings. The molecule has 1 amide bonds. The summed E-state index contributed by atoms with van der Waals surface area (Å²) < 4.78 is 32.3. The molecule has 5 heteroatoms. The lowest BCUT2D eigenvalue weighted by Gasteiger charge is -2.26. The molecule has 0 aromatic heterocycles. The highest BCUT2D eigenvalue weighted by Crippen LogP contribution is 2.36. The number of likely N-dealkylation sites (tertiary alicyclic amines) is 1. The largest absolute Gasteiger partial charge is 0.375 e. The van der Waals surface area contributed by atoms with Crippen molar-refractivity contribution in [1.82, 2.24) is 4.90 Å². The minimum atomic E-state index is -0.608. The Labute approximate surface area is 122 Å². The average Bonchev–Trinajstić information content (AvgIpc) is 2.83. The van der Waals surface area contributed by atoms with E-state index in [0.29, 0.717) is 18.5 Å². The molecule has 0 unspecified atom stereocenters. The van der Waals surface area contributed by atoms with Crippen LogP contribution < -0.4 is 0 Å². The summed E-state index contributed by atoms with van der Waals surface area (Å²) in [6.07, 6.45) is 4.04. The van der Waals surface area contributed by atoms with Gasteiger partial charge in [-0.2, -0.15) is 0 Å². The summed E-state index contributed by atoms with van der Waals surface area (Å²) in [6.45, 7) is 1.60. The Kier molecular flexibility index (Phi) is 3.93. The fraction of sp³-hybridized carbons (Fsp3) is 0.562. The van der Waals surface area contributed by atoms with E-state index in [1.54, 1.807) is 4.90 Å². The second-order valence-corrected chi connectivity index (χ2v) is 5.98. The van der Waals surface area contributed by atoms with E-state index in [1.807, 2.05) is 0 Å². The average molecular weight is 295 g/mol. The van der Waals surface area contributed by atoms with Gasteiger partial charge >= 0.3 is 0 Å². The first-order valence-corrected chi connectivity index (χ1v) is 7.43. The van der Waals surface area contributed by atoms with Crippen molar-refractivity contribution in [3.63, 3.8) is 0 Å². The van der Waals surface area contributed by atoms with Gasteiger partial charge in [0.1, 0.15) is 11.6 Å². The molecule has 2 fully saturated rings. The highest BCUT2D eigenvalue weighted by molar-refractivity contribution is 5.76. The lowest BCUT2D eigenvalue weighted by atomic mass is 9.92. The molecule has 3 rings (SSSR count). The molecule has 0 saturated carbocycles. The molecule has 114 valence electrons. The number of ether oxygens (including phenoxy) is 1. The molecule has 2 heterocycles. The second-order valence-electron chi connectivity index (χ2n) is 5.98. The lowest BCUT2D eigenvalue weighted by Crippen LogP contribution is -2.32. The minimum absolute atomic E-state index is 0.0343. The molecule has 2 aliphatic rings. The van der Waals surface area contributed by atoms with Gasteiger partial charge in [0, 0.05) is 32.2 Å². The van der Waals surface area contributed by atoms with Crippen molar-refractivity contribution in [3.8, 4) is 0 Å². The molecule has 1 spiro atoms. The first kappa shape index (κ1) is 14.4. The Balaban J connectivity index is 1.71. The molecule has 1 atom stereocenters. The van der Waals surface area contributed by atoms with Gasteiger partial charge < -0.3 is 9.64 Å². The molecule has 0 bridgehead atoms. The van der Waals surface area contributed by atoms with Crippen LogP contribution in [0.1, 0.15) is 37.7 Å². The summed E-state index contributed by atoms with van der Waals surface area (Å²) >= 11 is 0. The number of amides is 1. The van der Waals surface area contributed by atoms with Gasteiger partial charge in [-0.15, -0.1) is 0 Å². The van der Waals surface area contributed by atoms with Gasteiger partial charge in [-0.05, 0) is 43.4 Å². The number of rotatable bonds is 2. The van der Waals surface area contributed by atoms with Crippen LogP contribution in [0.15, 0.2) is 18.2 Å². The van der Waals surface area contributed by atoms with Crippen molar-refractivity contribution in [2.75, 3.05) is 13.2 Å². The van der Waals surface area contributed by atoms with Gasteiger partial charge in [-0.1, -0.05) is 0 Å². The third-order valence-corrected chi connectivity index (χ3v) is 4.47. The number of benzene rings is 1. The molecule has 1 aromatic carbocycles. The molecule has 0 N–H and O–H groups in total. The summed E-state index contributed by atoms with van der Waals surface area (Å²) in [5, 5.41) is 0. The third kappa shape index (κ3) is 3.23. The van der Waals surface area contributed by atoms with Crippen LogP contribution in [0.25, 0.3) is 0 Å². The smallest absolute Gasteiger partial charge is 0.222 e. The quantitative estimate of drug-likeness (QED) is 0.839. The number of nitrogens with zero attached hydrogens (tertiary/aromatic N) is 1. The molecular weight excluding hydrogens is 276 g/mol.